The second-order valence-electron chi connectivity index (χ2n) is 8.43. The number of hydrogen-bond acceptors (Lipinski definition) is 2. The minimum absolute atomic E-state index is 0.286. The first-order valence-corrected chi connectivity index (χ1v) is 13.0. The van der Waals surface area contributed by atoms with Gasteiger partial charge in [0.2, 0.25) is 0 Å². The Morgan fingerprint density at radius 2 is 1.17 bits per heavy atom. The van der Waals surface area contributed by atoms with Crippen LogP contribution in [-0.2, 0) is 21.3 Å². The first-order valence-electron chi connectivity index (χ1n) is 11.6. The third-order valence-electron chi connectivity index (χ3n) is 6.06. The Morgan fingerprint density at radius 3 is 1.67 bits per heavy atom. The lowest BCUT2D eigenvalue weighted by atomic mass is 9.86. The summed E-state index contributed by atoms with van der Waals surface area (Å²) >= 11 is 0. The molecule has 4 heteroatoms. The van der Waals surface area contributed by atoms with Crippen LogP contribution in [0.3, 0.4) is 0 Å². The highest BCUT2D eigenvalue weighted by molar-refractivity contribution is 7.86. The summed E-state index contributed by atoms with van der Waals surface area (Å²) in [5.74, 6) is 0. The lowest BCUT2D eigenvalue weighted by Gasteiger charge is -2.31. The van der Waals surface area contributed by atoms with Crippen LogP contribution in [0.15, 0.2) is 60.7 Å². The molecule has 0 heterocycles. The van der Waals surface area contributed by atoms with Gasteiger partial charge in [-0.3, -0.25) is 4.55 Å². The van der Waals surface area contributed by atoms with Crippen molar-refractivity contribution >= 4 is 10.1 Å². The largest absolute Gasteiger partial charge is 0.285 e. The summed E-state index contributed by atoms with van der Waals surface area (Å²) in [5, 5.41) is 0. The normalized spacial score (nSPS) is 13.8. The molecule has 0 saturated heterocycles. The predicted octanol–water partition coefficient (Wildman–Crippen LogP) is 7.32. The van der Waals surface area contributed by atoms with Crippen molar-refractivity contribution in [2.24, 2.45) is 0 Å². The van der Waals surface area contributed by atoms with Crippen LogP contribution in [0.1, 0.15) is 88.7 Å². The highest BCUT2D eigenvalue weighted by Gasteiger charge is 2.44. The Morgan fingerprint density at radius 1 is 0.700 bits per heavy atom. The van der Waals surface area contributed by atoms with Crippen LogP contribution in [0.5, 0.6) is 0 Å². The quantitative estimate of drug-likeness (QED) is 0.238. The fourth-order valence-electron chi connectivity index (χ4n) is 4.27. The molecule has 1 unspecified atom stereocenters. The summed E-state index contributed by atoms with van der Waals surface area (Å²) in [6.07, 6.45) is 12.7. The van der Waals surface area contributed by atoms with Gasteiger partial charge in [0.25, 0.3) is 10.1 Å². The molecule has 2 aromatic carbocycles. The van der Waals surface area contributed by atoms with E-state index in [0.29, 0.717) is 12.0 Å². The second kappa shape index (κ2) is 12.9. The van der Waals surface area contributed by atoms with Gasteiger partial charge >= 0.3 is 0 Å². The first-order chi connectivity index (χ1) is 14.5. The molecule has 2 rings (SSSR count). The van der Waals surface area contributed by atoms with Crippen LogP contribution in [0.2, 0.25) is 0 Å². The topological polar surface area (TPSA) is 54.4 Å². The zero-order valence-electron chi connectivity index (χ0n) is 18.4. The van der Waals surface area contributed by atoms with Crippen molar-refractivity contribution < 1.29 is 13.0 Å². The summed E-state index contributed by atoms with van der Waals surface area (Å²) in [6, 6.07) is 18.8. The Bertz CT molecular complexity index is 803. The van der Waals surface area contributed by atoms with Gasteiger partial charge in [-0.2, -0.15) is 8.42 Å². The number of benzene rings is 2. The van der Waals surface area contributed by atoms with Gasteiger partial charge in [-0.25, -0.2) is 0 Å². The van der Waals surface area contributed by atoms with E-state index in [9.17, 15) is 13.0 Å². The predicted molar refractivity (Wildman–Crippen MR) is 126 cm³/mol. The average molecular weight is 431 g/mol. The maximum Gasteiger partial charge on any atom is 0.275 e. The van der Waals surface area contributed by atoms with Crippen LogP contribution >= 0.6 is 0 Å². The molecule has 1 N–H and O–H groups in total. The summed E-state index contributed by atoms with van der Waals surface area (Å²) in [7, 11) is -4.29. The fraction of sp³-hybridized carbons (Fsp3) is 0.538. The van der Waals surface area contributed by atoms with Crippen LogP contribution in [0, 0.1) is 0 Å². The molecule has 3 nitrogen and oxygen atoms in total. The highest BCUT2D eigenvalue weighted by atomic mass is 32.2. The van der Waals surface area contributed by atoms with E-state index in [1.165, 1.54) is 44.9 Å². The third kappa shape index (κ3) is 7.55. The van der Waals surface area contributed by atoms with Crippen molar-refractivity contribution in [3.8, 4) is 0 Å². The Kier molecular flexibility index (Phi) is 10.6. The number of hydrogen-bond donors (Lipinski definition) is 1. The standard InChI is InChI=1S/C26H38O3S/c1-2-3-4-5-6-7-8-9-10-17-22-26(30(27,28)29,25-20-15-12-16-21-25)23-24-18-13-11-14-19-24/h11-16,18-21H,2-10,17,22-23H2,1H3,(H,27,28,29). The van der Waals surface area contributed by atoms with Gasteiger partial charge in [0.1, 0.15) is 4.75 Å². The van der Waals surface area contributed by atoms with E-state index < -0.39 is 14.9 Å². The zero-order valence-corrected chi connectivity index (χ0v) is 19.2. The molecular weight excluding hydrogens is 392 g/mol. The third-order valence-corrected chi connectivity index (χ3v) is 7.63. The van der Waals surface area contributed by atoms with E-state index >= 15 is 0 Å². The fourth-order valence-corrected chi connectivity index (χ4v) is 5.45. The molecule has 2 aromatic rings. The number of rotatable bonds is 15. The molecule has 0 fully saturated rings. The molecule has 0 saturated carbocycles. The molecule has 0 aliphatic heterocycles. The summed E-state index contributed by atoms with van der Waals surface area (Å²) in [6.45, 7) is 2.24. The van der Waals surface area contributed by atoms with Crippen molar-refractivity contribution in [3.05, 3.63) is 71.8 Å². The molecule has 0 spiro atoms. The average Bonchev–Trinajstić information content (AvgIpc) is 2.74. The van der Waals surface area contributed by atoms with E-state index in [0.717, 1.165) is 24.8 Å². The zero-order chi connectivity index (χ0) is 21.7. The molecule has 0 amide bonds. The minimum Gasteiger partial charge on any atom is -0.285 e. The SMILES string of the molecule is CCCCCCCCCCCCC(Cc1ccccc1)(c1ccccc1)S(=O)(=O)O. The van der Waals surface area contributed by atoms with Crippen LogP contribution in [0.4, 0.5) is 0 Å². The molecule has 0 radical (unpaired) electrons. The molecule has 166 valence electrons. The molecule has 30 heavy (non-hydrogen) atoms. The molecule has 0 aliphatic rings. The van der Waals surface area contributed by atoms with E-state index in [1.807, 2.05) is 60.7 Å². The van der Waals surface area contributed by atoms with Crippen molar-refractivity contribution in [3.63, 3.8) is 0 Å². The van der Waals surface area contributed by atoms with Gasteiger partial charge in [-0.05, 0) is 24.0 Å². The van der Waals surface area contributed by atoms with E-state index in [2.05, 4.69) is 6.92 Å². The van der Waals surface area contributed by atoms with E-state index in [1.54, 1.807) is 0 Å². The highest BCUT2D eigenvalue weighted by Crippen LogP contribution is 2.39. The second-order valence-corrected chi connectivity index (χ2v) is 10.2. The van der Waals surface area contributed by atoms with Gasteiger partial charge in [-0.15, -0.1) is 0 Å². The van der Waals surface area contributed by atoms with Gasteiger partial charge in [0.05, 0.1) is 0 Å². The van der Waals surface area contributed by atoms with Crippen molar-refractivity contribution in [2.75, 3.05) is 0 Å². The summed E-state index contributed by atoms with van der Waals surface area (Å²) in [4.78, 5) is 0. The lowest BCUT2D eigenvalue weighted by Crippen LogP contribution is -2.38. The lowest BCUT2D eigenvalue weighted by molar-refractivity contribution is 0.396. The maximum absolute atomic E-state index is 12.7. The monoisotopic (exact) mass is 430 g/mol. The van der Waals surface area contributed by atoms with Crippen LogP contribution in [-0.4, -0.2) is 13.0 Å². The Hall–Kier alpha value is -1.65. The molecular formula is C26H38O3S. The number of unbranched alkanes of at least 4 members (excludes halogenated alkanes) is 9. The summed E-state index contributed by atoms with van der Waals surface area (Å²) < 4.78 is 34.5. The van der Waals surface area contributed by atoms with Crippen molar-refractivity contribution in [1.82, 2.24) is 0 Å². The minimum atomic E-state index is -4.29. The first kappa shape index (κ1) is 24.6. The van der Waals surface area contributed by atoms with Gasteiger partial charge in [0.15, 0.2) is 0 Å². The molecule has 0 aliphatic carbocycles. The van der Waals surface area contributed by atoms with E-state index in [-0.39, 0.29) is 6.42 Å². The molecule has 0 aromatic heterocycles. The Balaban J connectivity index is 2.00. The van der Waals surface area contributed by atoms with Crippen molar-refractivity contribution in [2.45, 2.75) is 88.7 Å². The van der Waals surface area contributed by atoms with Gasteiger partial charge in [-0.1, -0.05) is 132 Å². The van der Waals surface area contributed by atoms with Crippen LogP contribution < -0.4 is 0 Å². The van der Waals surface area contributed by atoms with Crippen LogP contribution in [0.25, 0.3) is 0 Å². The smallest absolute Gasteiger partial charge is 0.275 e. The molecule has 1 atom stereocenters. The van der Waals surface area contributed by atoms with Gasteiger partial charge in [0, 0.05) is 0 Å². The summed E-state index contributed by atoms with van der Waals surface area (Å²) in [5.41, 5.74) is 1.60. The Labute approximate surface area is 183 Å². The van der Waals surface area contributed by atoms with Gasteiger partial charge < -0.3 is 0 Å². The van der Waals surface area contributed by atoms with Crippen molar-refractivity contribution in [1.29, 1.82) is 0 Å². The van der Waals surface area contributed by atoms with E-state index in [4.69, 9.17) is 0 Å². The maximum atomic E-state index is 12.7. The molecule has 0 bridgehead atoms.